The summed E-state index contributed by atoms with van der Waals surface area (Å²) in [6.45, 7) is 16.7. The third-order valence-electron chi connectivity index (χ3n) is 12.2. The Kier molecular flexibility index (Phi) is 28.3. The van der Waals surface area contributed by atoms with E-state index in [1.165, 1.54) is 193 Å². The topological polar surface area (TPSA) is 20.3 Å². The number of hydrogen-bond donors (Lipinski definition) is 0. The number of unbranched alkanes of at least 4 members (excludes halogenated alkanes) is 20. The molecule has 1 rings (SSSR count). The molecule has 0 N–H and O–H groups in total. The smallest absolute Gasteiger partial charge is 0.277 e. The van der Waals surface area contributed by atoms with Crippen LogP contribution >= 0.6 is 0 Å². The lowest BCUT2D eigenvalue weighted by Gasteiger charge is -2.45. The van der Waals surface area contributed by atoms with Crippen molar-refractivity contribution >= 4 is 5.91 Å². The highest BCUT2D eigenvalue weighted by atomic mass is 16.2. The third kappa shape index (κ3) is 25.1. The number of piperazine rings is 1. The van der Waals surface area contributed by atoms with Gasteiger partial charge in [-0.3, -0.25) is 4.79 Å². The minimum Gasteiger partial charge on any atom is -0.337 e. The molecule has 0 aromatic carbocycles. The van der Waals surface area contributed by atoms with Crippen LogP contribution in [0.2, 0.25) is 0 Å². The van der Waals surface area contributed by atoms with Crippen molar-refractivity contribution in [1.29, 1.82) is 0 Å². The van der Waals surface area contributed by atoms with E-state index in [2.05, 4.69) is 53.7 Å². The molecule has 0 spiro atoms. The highest BCUT2D eigenvalue weighted by Gasteiger charge is 2.37. The van der Waals surface area contributed by atoms with E-state index in [4.69, 9.17) is 0 Å². The summed E-state index contributed by atoms with van der Waals surface area (Å²) in [7, 11) is 7.10. The number of likely N-dealkylation sites (N-methyl/N-ethyl adjacent to an activating group) is 2. The molecule has 49 heavy (non-hydrogen) atoms. The fraction of sp³-hybridized carbons (Fsp3) is 0.978. The molecule has 1 heterocycles. The van der Waals surface area contributed by atoms with E-state index in [-0.39, 0.29) is 0 Å². The fourth-order valence-corrected chi connectivity index (χ4v) is 8.24. The minimum absolute atomic E-state index is 0.473. The third-order valence-corrected chi connectivity index (χ3v) is 12.2. The molecule has 0 aromatic heterocycles. The molecule has 1 aliphatic rings. The first-order valence-electron chi connectivity index (χ1n) is 22.6. The number of carbonyl (C=O) groups excluding carboxylic acids is 1. The van der Waals surface area contributed by atoms with Crippen LogP contribution in [-0.2, 0) is 4.79 Å². The molecule has 0 bridgehead atoms. The Morgan fingerprint density at radius 2 is 0.735 bits per heavy atom. The quantitative estimate of drug-likeness (QED) is 0.0486. The Morgan fingerprint density at radius 1 is 0.449 bits per heavy atom. The number of nitrogens with zero attached hydrogens (tertiary/aromatic N) is 3. The van der Waals surface area contributed by atoms with Crippen LogP contribution in [0.3, 0.4) is 0 Å². The lowest BCUT2D eigenvalue weighted by molar-refractivity contribution is -1.00. The Bertz CT molecular complexity index is 704. The average molecular weight is 692 g/mol. The lowest BCUT2D eigenvalue weighted by atomic mass is 9.91. The van der Waals surface area contributed by atoms with E-state index >= 15 is 0 Å². The van der Waals surface area contributed by atoms with Gasteiger partial charge in [-0.25, -0.2) is 0 Å². The van der Waals surface area contributed by atoms with E-state index in [9.17, 15) is 4.79 Å². The summed E-state index contributed by atoms with van der Waals surface area (Å²) >= 11 is 0. The number of amides is 1. The second kappa shape index (κ2) is 29.9. The van der Waals surface area contributed by atoms with Crippen LogP contribution in [0.5, 0.6) is 0 Å². The molecule has 2 atom stereocenters. The van der Waals surface area contributed by atoms with Crippen molar-refractivity contribution < 1.29 is 13.8 Å². The van der Waals surface area contributed by atoms with Gasteiger partial charge in [0, 0.05) is 13.1 Å². The number of quaternary nitrogens is 2. The molecule has 4 nitrogen and oxygen atoms in total. The van der Waals surface area contributed by atoms with E-state index in [1.54, 1.807) is 0 Å². The van der Waals surface area contributed by atoms with E-state index in [0.29, 0.717) is 24.3 Å². The molecule has 1 aliphatic heterocycles. The maximum atomic E-state index is 14.5. The van der Waals surface area contributed by atoms with Crippen molar-refractivity contribution in [2.75, 3.05) is 67.0 Å². The van der Waals surface area contributed by atoms with Crippen LogP contribution in [0.4, 0.5) is 0 Å². The first kappa shape index (κ1) is 46.4. The van der Waals surface area contributed by atoms with Gasteiger partial charge in [-0.1, -0.05) is 182 Å². The number of carbonyl (C=O) groups is 1. The molecule has 0 aliphatic carbocycles. The summed E-state index contributed by atoms with van der Waals surface area (Å²) in [5.74, 6) is 1.82. The molecule has 0 aromatic rings. The lowest BCUT2D eigenvalue weighted by Crippen LogP contribution is -2.64. The second-order valence-corrected chi connectivity index (χ2v) is 17.9. The SMILES string of the molecule is CCCCCCCCCC(CCCCCCC)CN(CC(CCCCCCC)CCCCCCCCC)C(=O)C[N+]1(C)CC[N+](C)(C)CC1. The van der Waals surface area contributed by atoms with Gasteiger partial charge in [0.05, 0.1) is 21.1 Å². The Hall–Kier alpha value is -0.610. The molecule has 1 amide bonds. The van der Waals surface area contributed by atoms with Crippen LogP contribution in [0, 0.1) is 11.8 Å². The van der Waals surface area contributed by atoms with Gasteiger partial charge in [0.2, 0.25) is 0 Å². The van der Waals surface area contributed by atoms with Gasteiger partial charge in [-0.2, -0.15) is 0 Å². The Morgan fingerprint density at radius 3 is 1.04 bits per heavy atom. The molecular formula is C45H93N3O+2. The summed E-state index contributed by atoms with van der Waals surface area (Å²) in [6, 6.07) is 0. The van der Waals surface area contributed by atoms with Crippen molar-refractivity contribution in [3.05, 3.63) is 0 Å². The zero-order valence-electron chi connectivity index (χ0n) is 35.2. The minimum atomic E-state index is 0.473. The van der Waals surface area contributed by atoms with Crippen molar-refractivity contribution in [2.45, 2.75) is 207 Å². The van der Waals surface area contributed by atoms with Crippen molar-refractivity contribution in [3.8, 4) is 0 Å². The monoisotopic (exact) mass is 692 g/mol. The van der Waals surface area contributed by atoms with Gasteiger partial charge in [0.1, 0.15) is 26.2 Å². The van der Waals surface area contributed by atoms with Crippen LogP contribution < -0.4 is 0 Å². The van der Waals surface area contributed by atoms with Crippen molar-refractivity contribution in [2.24, 2.45) is 11.8 Å². The number of hydrogen-bond acceptors (Lipinski definition) is 1. The van der Waals surface area contributed by atoms with Gasteiger partial charge >= 0.3 is 0 Å². The van der Waals surface area contributed by atoms with E-state index < -0.39 is 0 Å². The molecule has 292 valence electrons. The van der Waals surface area contributed by atoms with E-state index in [0.717, 1.165) is 35.1 Å². The highest BCUT2D eigenvalue weighted by molar-refractivity contribution is 5.77. The maximum Gasteiger partial charge on any atom is 0.277 e. The second-order valence-electron chi connectivity index (χ2n) is 17.9. The molecule has 4 heteroatoms. The predicted molar refractivity (Wildman–Crippen MR) is 218 cm³/mol. The average Bonchev–Trinajstić information content (AvgIpc) is 3.08. The molecule has 2 unspecified atom stereocenters. The summed E-state index contributed by atoms with van der Waals surface area (Å²) < 4.78 is 2.04. The fourth-order valence-electron chi connectivity index (χ4n) is 8.24. The summed E-state index contributed by atoms with van der Waals surface area (Å²) in [5.41, 5.74) is 0. The zero-order valence-corrected chi connectivity index (χ0v) is 35.2. The highest BCUT2D eigenvalue weighted by Crippen LogP contribution is 2.25. The van der Waals surface area contributed by atoms with Gasteiger partial charge in [0.25, 0.3) is 5.91 Å². The predicted octanol–water partition coefficient (Wildman–Crippen LogP) is 12.6. The number of rotatable bonds is 34. The van der Waals surface area contributed by atoms with E-state index in [1.807, 2.05) is 0 Å². The van der Waals surface area contributed by atoms with Gasteiger partial charge in [-0.05, 0) is 37.5 Å². The first-order valence-corrected chi connectivity index (χ1v) is 22.6. The Labute approximate surface area is 310 Å². The summed E-state index contributed by atoms with van der Waals surface area (Å²) in [5, 5.41) is 0. The van der Waals surface area contributed by atoms with Crippen molar-refractivity contribution in [3.63, 3.8) is 0 Å². The standard InChI is InChI=1S/C45H93N3O/c1-8-12-16-20-22-26-30-34-43(32-28-24-18-14-10-3)40-46(45(49)42-48(7)38-36-47(5,6)37-39-48)41-44(33-29-25-19-15-11-4)35-31-27-23-21-17-13-9-2/h43-44H,8-42H2,1-7H3/q+2. The normalized spacial score (nSPS) is 16.9. The molecule has 1 saturated heterocycles. The van der Waals surface area contributed by atoms with Gasteiger partial charge in [-0.15, -0.1) is 0 Å². The van der Waals surface area contributed by atoms with Gasteiger partial charge < -0.3 is 13.9 Å². The molecule has 1 fully saturated rings. The van der Waals surface area contributed by atoms with Crippen LogP contribution in [0.25, 0.3) is 0 Å². The summed E-state index contributed by atoms with van der Waals surface area (Å²) in [4.78, 5) is 17.0. The zero-order chi connectivity index (χ0) is 36.1. The van der Waals surface area contributed by atoms with Crippen molar-refractivity contribution in [1.82, 2.24) is 4.90 Å². The molecule has 0 radical (unpaired) electrons. The van der Waals surface area contributed by atoms with Crippen LogP contribution in [0.1, 0.15) is 207 Å². The first-order chi connectivity index (χ1) is 23.7. The largest absolute Gasteiger partial charge is 0.337 e. The van der Waals surface area contributed by atoms with Gasteiger partial charge in [0.15, 0.2) is 6.54 Å². The maximum absolute atomic E-state index is 14.5. The van der Waals surface area contributed by atoms with Crippen LogP contribution in [0.15, 0.2) is 0 Å². The molecule has 0 saturated carbocycles. The van der Waals surface area contributed by atoms with Crippen LogP contribution in [-0.4, -0.2) is 86.7 Å². The summed E-state index contributed by atoms with van der Waals surface area (Å²) in [6.07, 6.45) is 38.2. The Balaban J connectivity index is 3.05. The molecular weight excluding hydrogens is 599 g/mol.